The molecule has 0 saturated carbocycles. The van der Waals surface area contributed by atoms with Crippen LogP contribution in [-0.4, -0.2) is 26.1 Å². The maximum atomic E-state index is 4.35. The number of aromatic nitrogens is 4. The highest BCUT2D eigenvalue weighted by Gasteiger charge is 2.03. The van der Waals surface area contributed by atoms with Gasteiger partial charge in [-0.25, -0.2) is 15.0 Å². The van der Waals surface area contributed by atoms with Crippen molar-refractivity contribution in [2.24, 2.45) is 7.05 Å². The van der Waals surface area contributed by atoms with Crippen LogP contribution < -0.4 is 10.6 Å². The quantitative estimate of drug-likeness (QED) is 0.761. The van der Waals surface area contributed by atoms with E-state index < -0.39 is 0 Å². The Morgan fingerprint density at radius 2 is 1.95 bits per heavy atom. The lowest BCUT2D eigenvalue weighted by atomic mass is 10.2. The Kier molecular flexibility index (Phi) is 3.20. The summed E-state index contributed by atoms with van der Waals surface area (Å²) in [5, 5.41) is 6.42. The van der Waals surface area contributed by atoms with E-state index >= 15 is 0 Å². The number of fused-ring (bicyclic) bond motifs is 1. The van der Waals surface area contributed by atoms with Crippen molar-refractivity contribution in [2.75, 3.05) is 17.2 Å². The van der Waals surface area contributed by atoms with Crippen molar-refractivity contribution in [1.82, 2.24) is 19.5 Å². The number of imidazole rings is 1. The normalized spacial score (nSPS) is 10.7. The fourth-order valence-electron chi connectivity index (χ4n) is 2.07. The number of nitrogens with one attached hydrogen (secondary N) is 2. The SMILES string of the molecule is CCNc1cc(Nc2ccc3c(c2)ncn3C)ncn1. The summed E-state index contributed by atoms with van der Waals surface area (Å²) in [6, 6.07) is 7.94. The Labute approximate surface area is 116 Å². The Morgan fingerprint density at radius 1 is 1.10 bits per heavy atom. The van der Waals surface area contributed by atoms with Gasteiger partial charge in [0.15, 0.2) is 0 Å². The lowest BCUT2D eigenvalue weighted by Gasteiger charge is -2.07. The molecule has 102 valence electrons. The van der Waals surface area contributed by atoms with E-state index in [2.05, 4.69) is 25.6 Å². The van der Waals surface area contributed by atoms with Crippen LogP contribution in [0.2, 0.25) is 0 Å². The molecule has 1 aromatic carbocycles. The van der Waals surface area contributed by atoms with Crippen LogP contribution in [0.1, 0.15) is 6.92 Å². The zero-order valence-corrected chi connectivity index (χ0v) is 11.5. The summed E-state index contributed by atoms with van der Waals surface area (Å²) in [7, 11) is 1.98. The molecule has 2 aromatic heterocycles. The van der Waals surface area contributed by atoms with Gasteiger partial charge in [-0.3, -0.25) is 0 Å². The average Bonchev–Trinajstić information content (AvgIpc) is 2.81. The van der Waals surface area contributed by atoms with Gasteiger partial charge in [0.05, 0.1) is 17.4 Å². The molecule has 20 heavy (non-hydrogen) atoms. The molecule has 2 N–H and O–H groups in total. The standard InChI is InChI=1S/C14H16N6/c1-3-15-13-7-14(17-8-16-13)19-10-4-5-12-11(6-10)18-9-20(12)2/h4-9H,3H2,1-2H3,(H2,15,16,17,19). The molecule has 2 heterocycles. The number of hydrogen-bond donors (Lipinski definition) is 2. The van der Waals surface area contributed by atoms with Crippen LogP contribution in [0.25, 0.3) is 11.0 Å². The van der Waals surface area contributed by atoms with Crippen molar-refractivity contribution in [3.8, 4) is 0 Å². The van der Waals surface area contributed by atoms with Crippen molar-refractivity contribution in [2.45, 2.75) is 6.92 Å². The number of aryl methyl sites for hydroxylation is 1. The highest BCUT2D eigenvalue weighted by Crippen LogP contribution is 2.21. The first kappa shape index (κ1) is 12.4. The molecule has 0 aliphatic rings. The second-order valence-corrected chi connectivity index (χ2v) is 4.50. The molecule has 3 aromatic rings. The summed E-state index contributed by atoms with van der Waals surface area (Å²) in [4.78, 5) is 12.7. The van der Waals surface area contributed by atoms with Gasteiger partial charge in [0, 0.05) is 25.3 Å². The van der Waals surface area contributed by atoms with E-state index in [-0.39, 0.29) is 0 Å². The molecule has 0 aliphatic carbocycles. The Morgan fingerprint density at radius 3 is 2.80 bits per heavy atom. The van der Waals surface area contributed by atoms with E-state index in [0.717, 1.165) is 34.9 Å². The first-order valence-electron chi connectivity index (χ1n) is 6.50. The topological polar surface area (TPSA) is 67.7 Å². The summed E-state index contributed by atoms with van der Waals surface area (Å²) in [6.45, 7) is 2.86. The Balaban J connectivity index is 1.86. The smallest absolute Gasteiger partial charge is 0.135 e. The first-order valence-corrected chi connectivity index (χ1v) is 6.50. The molecule has 0 spiro atoms. The van der Waals surface area contributed by atoms with Crippen LogP contribution in [-0.2, 0) is 7.05 Å². The minimum absolute atomic E-state index is 0.756. The van der Waals surface area contributed by atoms with E-state index in [1.807, 2.05) is 49.1 Å². The number of nitrogens with zero attached hydrogens (tertiary/aromatic N) is 4. The van der Waals surface area contributed by atoms with E-state index in [0.29, 0.717) is 0 Å². The number of benzene rings is 1. The van der Waals surface area contributed by atoms with Crippen molar-refractivity contribution in [1.29, 1.82) is 0 Å². The number of hydrogen-bond acceptors (Lipinski definition) is 5. The zero-order chi connectivity index (χ0) is 13.9. The highest BCUT2D eigenvalue weighted by atomic mass is 15.1. The average molecular weight is 268 g/mol. The van der Waals surface area contributed by atoms with E-state index in [4.69, 9.17) is 0 Å². The van der Waals surface area contributed by atoms with Gasteiger partial charge in [-0.15, -0.1) is 0 Å². The van der Waals surface area contributed by atoms with Gasteiger partial charge in [-0.05, 0) is 25.1 Å². The number of anilines is 3. The fraction of sp³-hybridized carbons (Fsp3) is 0.214. The fourth-order valence-corrected chi connectivity index (χ4v) is 2.07. The van der Waals surface area contributed by atoms with Crippen molar-refractivity contribution >= 4 is 28.4 Å². The van der Waals surface area contributed by atoms with Crippen molar-refractivity contribution in [3.63, 3.8) is 0 Å². The highest BCUT2D eigenvalue weighted by molar-refractivity contribution is 5.80. The van der Waals surface area contributed by atoms with Gasteiger partial charge < -0.3 is 15.2 Å². The summed E-state index contributed by atoms with van der Waals surface area (Å²) in [5.41, 5.74) is 3.02. The predicted octanol–water partition coefficient (Wildman–Crippen LogP) is 2.54. The van der Waals surface area contributed by atoms with Crippen LogP contribution in [0.3, 0.4) is 0 Å². The minimum Gasteiger partial charge on any atom is -0.370 e. The molecule has 0 bridgehead atoms. The maximum absolute atomic E-state index is 4.35. The number of rotatable bonds is 4. The van der Waals surface area contributed by atoms with Crippen molar-refractivity contribution < 1.29 is 0 Å². The maximum Gasteiger partial charge on any atom is 0.135 e. The zero-order valence-electron chi connectivity index (χ0n) is 11.5. The molecule has 3 rings (SSSR count). The molecular formula is C14H16N6. The third-order valence-corrected chi connectivity index (χ3v) is 3.02. The van der Waals surface area contributed by atoms with Crippen molar-refractivity contribution in [3.05, 3.63) is 36.9 Å². The Bertz CT molecular complexity index is 733. The lowest BCUT2D eigenvalue weighted by Crippen LogP contribution is -2.01. The molecule has 6 heteroatoms. The second-order valence-electron chi connectivity index (χ2n) is 4.50. The molecule has 0 amide bonds. The van der Waals surface area contributed by atoms with E-state index in [1.54, 1.807) is 6.33 Å². The van der Waals surface area contributed by atoms with Gasteiger partial charge >= 0.3 is 0 Å². The largest absolute Gasteiger partial charge is 0.370 e. The molecule has 0 radical (unpaired) electrons. The lowest BCUT2D eigenvalue weighted by molar-refractivity contribution is 0.948. The Hall–Kier alpha value is -2.63. The van der Waals surface area contributed by atoms with Gasteiger partial charge in [0.1, 0.15) is 18.0 Å². The molecule has 0 fully saturated rings. The monoisotopic (exact) mass is 268 g/mol. The molecule has 0 saturated heterocycles. The molecular weight excluding hydrogens is 252 g/mol. The van der Waals surface area contributed by atoms with Crippen LogP contribution in [0, 0.1) is 0 Å². The van der Waals surface area contributed by atoms with Crippen LogP contribution >= 0.6 is 0 Å². The molecule has 0 unspecified atom stereocenters. The molecule has 6 nitrogen and oxygen atoms in total. The van der Waals surface area contributed by atoms with E-state index in [9.17, 15) is 0 Å². The first-order chi connectivity index (χ1) is 9.76. The predicted molar refractivity (Wildman–Crippen MR) is 80.2 cm³/mol. The summed E-state index contributed by atoms with van der Waals surface area (Å²) in [5.74, 6) is 1.56. The van der Waals surface area contributed by atoms with Gasteiger partial charge in [-0.1, -0.05) is 0 Å². The summed E-state index contributed by atoms with van der Waals surface area (Å²) >= 11 is 0. The molecule has 0 aliphatic heterocycles. The van der Waals surface area contributed by atoms with Gasteiger partial charge in [0.25, 0.3) is 0 Å². The third kappa shape index (κ3) is 2.40. The van der Waals surface area contributed by atoms with Crippen LogP contribution in [0.15, 0.2) is 36.9 Å². The summed E-state index contributed by atoms with van der Waals surface area (Å²) in [6.07, 6.45) is 3.35. The van der Waals surface area contributed by atoms with E-state index in [1.165, 1.54) is 0 Å². The summed E-state index contributed by atoms with van der Waals surface area (Å²) < 4.78 is 1.99. The van der Waals surface area contributed by atoms with Crippen LogP contribution in [0.5, 0.6) is 0 Å². The third-order valence-electron chi connectivity index (χ3n) is 3.02. The second kappa shape index (κ2) is 5.16. The van der Waals surface area contributed by atoms with Gasteiger partial charge in [0.2, 0.25) is 0 Å². The molecule has 0 atom stereocenters. The minimum atomic E-state index is 0.756. The van der Waals surface area contributed by atoms with Gasteiger partial charge in [-0.2, -0.15) is 0 Å². The van der Waals surface area contributed by atoms with Crippen LogP contribution in [0.4, 0.5) is 17.3 Å².